The lowest BCUT2D eigenvalue weighted by Gasteiger charge is -2.11. The summed E-state index contributed by atoms with van der Waals surface area (Å²) >= 11 is 0. The van der Waals surface area contributed by atoms with Crippen LogP contribution in [0.4, 0.5) is 0 Å². The highest BCUT2D eigenvalue weighted by atomic mass is 16.5. The van der Waals surface area contributed by atoms with E-state index < -0.39 is 12.6 Å². The van der Waals surface area contributed by atoms with Crippen LogP contribution in [0.15, 0.2) is 47.0 Å². The molecule has 0 atom stereocenters. The van der Waals surface area contributed by atoms with E-state index in [1.807, 2.05) is 57.2 Å². The summed E-state index contributed by atoms with van der Waals surface area (Å²) in [5.74, 6) is 0.549. The Morgan fingerprint density at radius 3 is 2.50 bits per heavy atom. The van der Waals surface area contributed by atoms with Gasteiger partial charge >= 0.3 is 12.0 Å². The molecule has 0 amide bonds. The number of para-hydroxylation sites is 1. The minimum absolute atomic E-state index is 0.171. The second-order valence-electron chi connectivity index (χ2n) is 6.85. The van der Waals surface area contributed by atoms with Crippen molar-refractivity contribution in [3.63, 3.8) is 0 Å². The van der Waals surface area contributed by atoms with Gasteiger partial charge in [0.15, 0.2) is 6.61 Å². The molecule has 0 aliphatic carbocycles. The van der Waals surface area contributed by atoms with E-state index in [-0.39, 0.29) is 6.01 Å². The molecule has 0 bridgehead atoms. The van der Waals surface area contributed by atoms with Crippen molar-refractivity contribution in [3.05, 3.63) is 59.3 Å². The first-order valence-corrected chi connectivity index (χ1v) is 9.24. The van der Waals surface area contributed by atoms with Crippen LogP contribution < -0.4 is 9.47 Å². The fourth-order valence-electron chi connectivity index (χ4n) is 3.10. The first-order valence-electron chi connectivity index (χ1n) is 9.24. The Kier molecular flexibility index (Phi) is 5.05. The number of hydrogen-bond acceptors (Lipinski definition) is 7. The third-order valence-corrected chi connectivity index (χ3v) is 4.47. The number of aromatic nitrogens is 3. The Labute approximate surface area is 172 Å². The van der Waals surface area contributed by atoms with Crippen molar-refractivity contribution in [3.8, 4) is 29.0 Å². The maximum absolute atomic E-state index is 10.8. The van der Waals surface area contributed by atoms with Crippen molar-refractivity contribution in [2.24, 2.45) is 0 Å². The van der Waals surface area contributed by atoms with Crippen molar-refractivity contribution in [2.75, 3.05) is 6.61 Å². The van der Waals surface area contributed by atoms with Gasteiger partial charge in [0.25, 0.3) is 5.71 Å². The molecule has 2 aromatic carbocycles. The zero-order valence-corrected chi connectivity index (χ0v) is 16.7. The molecule has 152 valence electrons. The topological polar surface area (TPSA) is 108 Å². The second kappa shape index (κ2) is 7.82. The van der Waals surface area contributed by atoms with Crippen LogP contribution in [-0.2, 0) is 4.79 Å². The van der Waals surface area contributed by atoms with E-state index in [1.165, 1.54) is 0 Å². The molecule has 0 unspecified atom stereocenters. The van der Waals surface area contributed by atoms with E-state index in [2.05, 4.69) is 15.0 Å². The molecular formula is C22H19N3O5. The summed E-state index contributed by atoms with van der Waals surface area (Å²) in [6, 6.07) is 11.4. The van der Waals surface area contributed by atoms with Gasteiger partial charge in [-0.15, -0.1) is 0 Å². The number of oxazole rings is 1. The zero-order valence-electron chi connectivity index (χ0n) is 16.7. The highest BCUT2D eigenvalue weighted by Crippen LogP contribution is 2.31. The summed E-state index contributed by atoms with van der Waals surface area (Å²) in [5.41, 5.74) is 4.07. The molecule has 8 nitrogen and oxygen atoms in total. The van der Waals surface area contributed by atoms with E-state index >= 15 is 0 Å². The SMILES string of the molecule is Cc1ccccc1Oc1ncc2nc(-c3cc(C)c(OCC(=O)O)c(C)c3)oc2n1. The molecule has 0 saturated heterocycles. The Bertz CT molecular complexity index is 1230. The predicted molar refractivity (Wildman–Crippen MR) is 109 cm³/mol. The summed E-state index contributed by atoms with van der Waals surface area (Å²) in [5, 5.41) is 8.83. The Hall–Kier alpha value is -3.94. The van der Waals surface area contributed by atoms with Gasteiger partial charge in [0.1, 0.15) is 17.0 Å². The molecule has 0 fully saturated rings. The molecule has 0 radical (unpaired) electrons. The largest absolute Gasteiger partial charge is 0.481 e. The number of aliphatic carboxylic acids is 1. The molecular weight excluding hydrogens is 386 g/mol. The van der Waals surface area contributed by atoms with Crippen molar-refractivity contribution in [1.82, 2.24) is 15.0 Å². The molecule has 2 aromatic heterocycles. The van der Waals surface area contributed by atoms with Crippen LogP contribution in [0.2, 0.25) is 0 Å². The van der Waals surface area contributed by atoms with Gasteiger partial charge in [-0.2, -0.15) is 4.98 Å². The van der Waals surface area contributed by atoms with Gasteiger partial charge in [0.05, 0.1) is 6.20 Å². The average Bonchev–Trinajstić information content (AvgIpc) is 3.12. The summed E-state index contributed by atoms with van der Waals surface area (Å²) in [6.07, 6.45) is 1.55. The zero-order chi connectivity index (χ0) is 21.3. The lowest BCUT2D eigenvalue weighted by Crippen LogP contribution is -2.10. The Balaban J connectivity index is 1.64. The quantitative estimate of drug-likeness (QED) is 0.501. The number of nitrogens with zero attached hydrogens (tertiary/aromatic N) is 3. The third-order valence-electron chi connectivity index (χ3n) is 4.47. The summed E-state index contributed by atoms with van der Waals surface area (Å²) in [4.78, 5) is 23.7. The Morgan fingerprint density at radius 2 is 1.80 bits per heavy atom. The number of carboxylic acids is 1. The number of carbonyl (C=O) groups is 1. The number of aryl methyl sites for hydroxylation is 3. The minimum Gasteiger partial charge on any atom is -0.481 e. The normalized spacial score (nSPS) is 10.9. The number of fused-ring (bicyclic) bond motifs is 1. The molecule has 0 aliphatic heterocycles. The number of hydrogen-bond donors (Lipinski definition) is 1. The molecule has 0 saturated carbocycles. The standard InChI is InChI=1S/C22H19N3O5/c1-12-6-4-5-7-17(12)29-22-23-10-16-21(25-22)30-20(24-16)15-8-13(2)19(14(3)9-15)28-11-18(26)27/h4-10H,11H2,1-3H3,(H,26,27). The van der Waals surface area contributed by atoms with Crippen molar-refractivity contribution < 1.29 is 23.8 Å². The van der Waals surface area contributed by atoms with Gasteiger partial charge < -0.3 is 19.0 Å². The van der Waals surface area contributed by atoms with Crippen molar-refractivity contribution >= 4 is 17.2 Å². The van der Waals surface area contributed by atoms with Crippen LogP contribution in [0.5, 0.6) is 17.5 Å². The lowest BCUT2D eigenvalue weighted by atomic mass is 10.1. The molecule has 30 heavy (non-hydrogen) atoms. The third kappa shape index (κ3) is 3.93. The highest BCUT2D eigenvalue weighted by Gasteiger charge is 2.15. The van der Waals surface area contributed by atoms with Gasteiger partial charge in [-0.1, -0.05) is 18.2 Å². The minimum atomic E-state index is -1.03. The molecule has 4 aromatic rings. The summed E-state index contributed by atoms with van der Waals surface area (Å²) in [7, 11) is 0. The number of carboxylic acid groups (broad SMARTS) is 1. The molecule has 4 rings (SSSR count). The fraction of sp³-hybridized carbons (Fsp3) is 0.182. The van der Waals surface area contributed by atoms with Crippen molar-refractivity contribution in [2.45, 2.75) is 20.8 Å². The molecule has 0 aliphatic rings. The number of ether oxygens (including phenoxy) is 2. The van der Waals surface area contributed by atoms with E-state index in [0.717, 1.165) is 22.3 Å². The molecule has 8 heteroatoms. The van der Waals surface area contributed by atoms with E-state index in [4.69, 9.17) is 19.0 Å². The number of benzene rings is 2. The monoisotopic (exact) mass is 405 g/mol. The lowest BCUT2D eigenvalue weighted by molar-refractivity contribution is -0.139. The maximum atomic E-state index is 10.8. The summed E-state index contributed by atoms with van der Waals surface area (Å²) in [6.45, 7) is 5.21. The molecule has 0 spiro atoms. The van der Waals surface area contributed by atoms with Crippen LogP contribution in [0.1, 0.15) is 16.7 Å². The average molecular weight is 405 g/mol. The predicted octanol–water partition coefficient (Wildman–Crippen LogP) is 4.47. The van der Waals surface area contributed by atoms with E-state index in [0.29, 0.717) is 28.6 Å². The van der Waals surface area contributed by atoms with Crippen molar-refractivity contribution in [1.29, 1.82) is 0 Å². The van der Waals surface area contributed by atoms with E-state index in [9.17, 15) is 4.79 Å². The maximum Gasteiger partial charge on any atom is 0.341 e. The van der Waals surface area contributed by atoms with Crippen LogP contribution in [0.25, 0.3) is 22.7 Å². The highest BCUT2D eigenvalue weighted by molar-refractivity contribution is 5.73. The number of rotatable bonds is 6. The first-order chi connectivity index (χ1) is 14.4. The smallest absolute Gasteiger partial charge is 0.341 e. The van der Waals surface area contributed by atoms with Gasteiger partial charge in [0.2, 0.25) is 5.89 Å². The van der Waals surface area contributed by atoms with Crippen LogP contribution in [0.3, 0.4) is 0 Å². The van der Waals surface area contributed by atoms with E-state index in [1.54, 1.807) is 6.20 Å². The fourth-order valence-corrected chi connectivity index (χ4v) is 3.10. The van der Waals surface area contributed by atoms with Crippen LogP contribution in [-0.4, -0.2) is 32.6 Å². The molecule has 1 N–H and O–H groups in total. The second-order valence-corrected chi connectivity index (χ2v) is 6.85. The first kappa shape index (κ1) is 19.4. The Morgan fingerprint density at radius 1 is 1.07 bits per heavy atom. The van der Waals surface area contributed by atoms with Gasteiger partial charge in [-0.3, -0.25) is 0 Å². The van der Waals surface area contributed by atoms with Gasteiger partial charge in [-0.05, 0) is 55.7 Å². The summed E-state index contributed by atoms with van der Waals surface area (Å²) < 4.78 is 17.0. The molecule has 2 heterocycles. The van der Waals surface area contributed by atoms with Crippen LogP contribution >= 0.6 is 0 Å². The van der Waals surface area contributed by atoms with Gasteiger partial charge in [-0.25, -0.2) is 14.8 Å². The van der Waals surface area contributed by atoms with Gasteiger partial charge in [0, 0.05) is 5.56 Å². The van der Waals surface area contributed by atoms with Crippen LogP contribution in [0, 0.1) is 20.8 Å².